The zero-order valence-electron chi connectivity index (χ0n) is 16.1. The van der Waals surface area contributed by atoms with E-state index in [0.29, 0.717) is 24.3 Å². The summed E-state index contributed by atoms with van der Waals surface area (Å²) >= 11 is 0. The summed E-state index contributed by atoms with van der Waals surface area (Å²) in [5.74, 6) is 0.847. The SMILES string of the molecule is Cc1ccccc1CN1CC2C(CNC(=O)c3cccc(OC(F)(F)F)c3)C2C1. The summed E-state index contributed by atoms with van der Waals surface area (Å²) in [7, 11) is 0. The smallest absolute Gasteiger partial charge is 0.406 e. The number of ether oxygens (including phenoxy) is 1. The summed E-state index contributed by atoms with van der Waals surface area (Å²) < 4.78 is 40.9. The molecule has 2 aromatic carbocycles. The van der Waals surface area contributed by atoms with E-state index in [9.17, 15) is 18.0 Å². The molecule has 1 saturated carbocycles. The first-order valence-electron chi connectivity index (χ1n) is 9.71. The largest absolute Gasteiger partial charge is 0.573 e. The quantitative estimate of drug-likeness (QED) is 0.791. The van der Waals surface area contributed by atoms with Gasteiger partial charge in [0.15, 0.2) is 0 Å². The van der Waals surface area contributed by atoms with Crippen LogP contribution in [0, 0.1) is 24.7 Å². The van der Waals surface area contributed by atoms with E-state index in [4.69, 9.17) is 0 Å². The van der Waals surface area contributed by atoms with Crippen LogP contribution in [0.3, 0.4) is 0 Å². The topological polar surface area (TPSA) is 41.6 Å². The highest BCUT2D eigenvalue weighted by molar-refractivity contribution is 5.94. The van der Waals surface area contributed by atoms with Gasteiger partial charge in [0.25, 0.3) is 5.91 Å². The standard InChI is InChI=1S/C22H23F3N2O2/c1-14-5-2-3-6-16(14)11-27-12-19-18(20(19)13-27)10-26-21(28)15-7-4-8-17(9-15)29-22(23,24)25/h2-9,18-20H,10-13H2,1H3,(H,26,28). The third-order valence-corrected chi connectivity index (χ3v) is 5.93. The molecule has 1 aliphatic carbocycles. The van der Waals surface area contributed by atoms with Crippen LogP contribution in [0.15, 0.2) is 48.5 Å². The van der Waals surface area contributed by atoms with Gasteiger partial charge in [0, 0.05) is 31.7 Å². The number of hydrogen-bond donors (Lipinski definition) is 1. The number of aryl methyl sites for hydroxylation is 1. The maximum atomic E-state index is 12.3. The van der Waals surface area contributed by atoms with E-state index < -0.39 is 6.36 Å². The van der Waals surface area contributed by atoms with Crippen molar-refractivity contribution in [1.82, 2.24) is 10.2 Å². The normalized spacial score (nSPS) is 23.5. The number of benzene rings is 2. The van der Waals surface area contributed by atoms with Crippen molar-refractivity contribution in [1.29, 1.82) is 0 Å². The molecule has 2 aromatic rings. The average Bonchev–Trinajstić information content (AvgIpc) is 3.11. The first-order chi connectivity index (χ1) is 13.8. The Morgan fingerprint density at radius 1 is 1.14 bits per heavy atom. The molecule has 0 bridgehead atoms. The number of carbonyl (C=O) groups excluding carboxylic acids is 1. The highest BCUT2D eigenvalue weighted by Gasteiger charge is 2.55. The first kappa shape index (κ1) is 19.8. The van der Waals surface area contributed by atoms with Crippen LogP contribution >= 0.6 is 0 Å². The summed E-state index contributed by atoms with van der Waals surface area (Å²) in [5, 5.41) is 2.86. The maximum Gasteiger partial charge on any atom is 0.573 e. The fourth-order valence-corrected chi connectivity index (χ4v) is 4.34. The number of amides is 1. The predicted octanol–water partition coefficient (Wildman–Crippen LogP) is 4.00. The molecule has 2 atom stereocenters. The number of nitrogens with one attached hydrogen (secondary N) is 1. The summed E-state index contributed by atoms with van der Waals surface area (Å²) in [4.78, 5) is 14.8. The molecule has 1 heterocycles. The molecule has 1 amide bonds. The predicted molar refractivity (Wildman–Crippen MR) is 102 cm³/mol. The third kappa shape index (κ3) is 4.72. The lowest BCUT2D eigenvalue weighted by Gasteiger charge is -2.20. The van der Waals surface area contributed by atoms with Crippen LogP contribution in [0.1, 0.15) is 21.5 Å². The van der Waals surface area contributed by atoms with Gasteiger partial charge >= 0.3 is 6.36 Å². The van der Waals surface area contributed by atoms with Crippen LogP contribution in [0.4, 0.5) is 13.2 Å². The molecule has 4 rings (SSSR count). The first-order valence-corrected chi connectivity index (χ1v) is 9.71. The van der Waals surface area contributed by atoms with Gasteiger partial charge in [0.05, 0.1) is 0 Å². The number of piperidine rings is 1. The molecule has 0 aromatic heterocycles. The second-order valence-corrected chi connectivity index (χ2v) is 7.90. The number of fused-ring (bicyclic) bond motifs is 1. The Labute approximate surface area is 167 Å². The molecule has 29 heavy (non-hydrogen) atoms. The lowest BCUT2D eigenvalue weighted by Crippen LogP contribution is -2.30. The summed E-state index contributed by atoms with van der Waals surface area (Å²) in [6.45, 7) is 5.67. The lowest BCUT2D eigenvalue weighted by molar-refractivity contribution is -0.274. The van der Waals surface area contributed by atoms with E-state index in [2.05, 4.69) is 40.1 Å². The number of carbonyl (C=O) groups is 1. The second kappa shape index (κ2) is 7.71. The van der Waals surface area contributed by atoms with Crippen molar-refractivity contribution < 1.29 is 22.7 Å². The van der Waals surface area contributed by atoms with Crippen LogP contribution < -0.4 is 10.1 Å². The fourth-order valence-electron chi connectivity index (χ4n) is 4.34. The van der Waals surface area contributed by atoms with Gasteiger partial charge in [0.1, 0.15) is 5.75 Å². The summed E-state index contributed by atoms with van der Waals surface area (Å²) in [6.07, 6.45) is -4.77. The zero-order valence-corrected chi connectivity index (χ0v) is 16.1. The van der Waals surface area contributed by atoms with Crippen molar-refractivity contribution in [2.45, 2.75) is 19.8 Å². The van der Waals surface area contributed by atoms with Gasteiger partial charge in [-0.1, -0.05) is 30.3 Å². The summed E-state index contributed by atoms with van der Waals surface area (Å²) in [5.41, 5.74) is 2.81. The molecule has 2 unspecified atom stereocenters. The van der Waals surface area contributed by atoms with E-state index >= 15 is 0 Å². The molecule has 2 fully saturated rings. The molecular formula is C22H23F3N2O2. The third-order valence-electron chi connectivity index (χ3n) is 5.93. The van der Waals surface area contributed by atoms with Crippen molar-refractivity contribution >= 4 is 5.91 Å². The zero-order chi connectivity index (χ0) is 20.6. The van der Waals surface area contributed by atoms with Crippen molar-refractivity contribution in [3.8, 4) is 5.75 Å². The van der Waals surface area contributed by atoms with Crippen LogP contribution in [-0.2, 0) is 6.54 Å². The van der Waals surface area contributed by atoms with E-state index in [1.54, 1.807) is 0 Å². The monoisotopic (exact) mass is 404 g/mol. The van der Waals surface area contributed by atoms with Gasteiger partial charge in [0.2, 0.25) is 0 Å². The van der Waals surface area contributed by atoms with Crippen LogP contribution in [-0.4, -0.2) is 36.8 Å². The van der Waals surface area contributed by atoms with Gasteiger partial charge in [-0.2, -0.15) is 0 Å². The number of nitrogens with zero attached hydrogens (tertiary/aromatic N) is 1. The van der Waals surface area contributed by atoms with Gasteiger partial charge < -0.3 is 10.1 Å². The van der Waals surface area contributed by atoms with Crippen molar-refractivity contribution in [2.75, 3.05) is 19.6 Å². The average molecular weight is 404 g/mol. The van der Waals surface area contributed by atoms with Crippen molar-refractivity contribution in [3.63, 3.8) is 0 Å². The van der Waals surface area contributed by atoms with Gasteiger partial charge in [-0.3, -0.25) is 9.69 Å². The van der Waals surface area contributed by atoms with Gasteiger partial charge in [-0.15, -0.1) is 13.2 Å². The minimum absolute atomic E-state index is 0.165. The van der Waals surface area contributed by atoms with Crippen molar-refractivity contribution in [3.05, 3.63) is 65.2 Å². The second-order valence-electron chi connectivity index (χ2n) is 7.90. The molecule has 154 valence electrons. The van der Waals surface area contributed by atoms with Crippen LogP contribution in [0.2, 0.25) is 0 Å². The Morgan fingerprint density at radius 3 is 2.55 bits per heavy atom. The van der Waals surface area contributed by atoms with Gasteiger partial charge in [-0.25, -0.2) is 0 Å². The number of likely N-dealkylation sites (tertiary alicyclic amines) is 1. The van der Waals surface area contributed by atoms with Gasteiger partial charge in [-0.05, 0) is 54.0 Å². The fraction of sp³-hybridized carbons (Fsp3) is 0.409. The van der Waals surface area contributed by atoms with Crippen LogP contribution in [0.25, 0.3) is 0 Å². The molecule has 1 N–H and O–H groups in total. The minimum atomic E-state index is -4.77. The van der Waals surface area contributed by atoms with E-state index in [-0.39, 0.29) is 17.2 Å². The Morgan fingerprint density at radius 2 is 1.86 bits per heavy atom. The van der Waals surface area contributed by atoms with Crippen LogP contribution in [0.5, 0.6) is 5.75 Å². The molecule has 0 radical (unpaired) electrons. The van der Waals surface area contributed by atoms with E-state index in [1.165, 1.54) is 29.3 Å². The number of halogens is 3. The number of hydrogen-bond acceptors (Lipinski definition) is 3. The Bertz CT molecular complexity index is 888. The molecule has 4 nitrogen and oxygen atoms in total. The number of alkyl halides is 3. The van der Waals surface area contributed by atoms with Crippen molar-refractivity contribution in [2.24, 2.45) is 17.8 Å². The van der Waals surface area contributed by atoms with E-state index in [0.717, 1.165) is 25.7 Å². The highest BCUT2D eigenvalue weighted by Crippen LogP contribution is 2.51. The minimum Gasteiger partial charge on any atom is -0.406 e. The maximum absolute atomic E-state index is 12.3. The molecule has 7 heteroatoms. The highest BCUT2D eigenvalue weighted by atomic mass is 19.4. The number of rotatable bonds is 6. The molecular weight excluding hydrogens is 381 g/mol. The molecule has 1 aliphatic heterocycles. The lowest BCUT2D eigenvalue weighted by atomic mass is 10.1. The Hall–Kier alpha value is -2.54. The molecule has 1 saturated heterocycles. The van der Waals surface area contributed by atoms with E-state index in [1.807, 2.05) is 6.07 Å². The Balaban J connectivity index is 1.24. The molecule has 0 spiro atoms. The molecule has 2 aliphatic rings. The Kier molecular flexibility index (Phi) is 5.25. The summed E-state index contributed by atoms with van der Waals surface area (Å²) in [6, 6.07) is 13.5.